The number of amides is 1. The molecule has 0 bridgehead atoms. The van der Waals surface area contributed by atoms with E-state index in [-0.39, 0.29) is 11.6 Å². The van der Waals surface area contributed by atoms with Crippen LogP contribution in [0.15, 0.2) is 0 Å². The molecule has 3 heteroatoms. The molecule has 0 unspecified atom stereocenters. The molecule has 0 spiro atoms. The molecule has 70 valence electrons. The fourth-order valence-corrected chi connectivity index (χ4v) is 1.74. The maximum Gasteiger partial charge on any atom is 0.407 e. The first-order chi connectivity index (χ1) is 5.49. The van der Waals surface area contributed by atoms with Crippen LogP contribution in [0, 0.1) is 11.8 Å². The van der Waals surface area contributed by atoms with E-state index >= 15 is 0 Å². The lowest BCUT2D eigenvalue weighted by Gasteiger charge is -2.34. The largest absolute Gasteiger partial charge is 0.447 e. The van der Waals surface area contributed by atoms with Crippen molar-refractivity contribution in [1.29, 1.82) is 0 Å². The summed E-state index contributed by atoms with van der Waals surface area (Å²) in [6.07, 6.45) is -0.280. The van der Waals surface area contributed by atoms with E-state index in [2.05, 4.69) is 33.0 Å². The van der Waals surface area contributed by atoms with Crippen LogP contribution in [0.25, 0.3) is 0 Å². The fourth-order valence-electron chi connectivity index (χ4n) is 1.74. The molecular weight excluding hydrogens is 154 g/mol. The van der Waals surface area contributed by atoms with Gasteiger partial charge in [-0.15, -0.1) is 0 Å². The molecule has 12 heavy (non-hydrogen) atoms. The van der Waals surface area contributed by atoms with E-state index < -0.39 is 0 Å². The second-order valence-corrected chi connectivity index (χ2v) is 4.05. The summed E-state index contributed by atoms with van der Waals surface area (Å²) < 4.78 is 4.94. The Balaban J connectivity index is 2.81. The third-order valence-corrected chi connectivity index (χ3v) is 2.84. The average Bonchev–Trinajstić information content (AvgIpc) is 2.32. The molecule has 0 saturated carbocycles. The smallest absolute Gasteiger partial charge is 0.407 e. The third kappa shape index (κ3) is 1.28. The average molecular weight is 171 g/mol. The summed E-state index contributed by atoms with van der Waals surface area (Å²) in [7, 11) is 0. The molecule has 1 N–H and O–H groups in total. The summed E-state index contributed by atoms with van der Waals surface area (Å²) in [6, 6.07) is 0. The van der Waals surface area contributed by atoms with E-state index in [4.69, 9.17) is 4.74 Å². The number of rotatable bonds is 2. The van der Waals surface area contributed by atoms with Gasteiger partial charge in [-0.25, -0.2) is 4.79 Å². The van der Waals surface area contributed by atoms with Crippen molar-refractivity contribution in [3.05, 3.63) is 0 Å². The molecule has 1 amide bonds. The molecule has 0 aromatic rings. The minimum absolute atomic E-state index is 0.156. The number of alkyl carbamates (subject to hydrolysis) is 1. The Hall–Kier alpha value is -0.730. The first-order valence-electron chi connectivity index (χ1n) is 4.44. The Morgan fingerprint density at radius 2 is 1.83 bits per heavy atom. The zero-order valence-corrected chi connectivity index (χ0v) is 8.18. The van der Waals surface area contributed by atoms with Crippen LogP contribution >= 0.6 is 0 Å². The Kier molecular flexibility index (Phi) is 2.31. The molecule has 0 atom stereocenters. The fraction of sp³-hybridized carbons (Fsp3) is 0.889. The summed E-state index contributed by atoms with van der Waals surface area (Å²) in [6.45, 7) is 8.93. The van der Waals surface area contributed by atoms with E-state index in [1.165, 1.54) is 0 Å². The highest BCUT2D eigenvalue weighted by atomic mass is 16.6. The van der Waals surface area contributed by atoms with Crippen LogP contribution in [-0.4, -0.2) is 18.2 Å². The molecule has 0 aromatic carbocycles. The predicted molar refractivity (Wildman–Crippen MR) is 46.9 cm³/mol. The zero-order valence-electron chi connectivity index (χ0n) is 8.18. The van der Waals surface area contributed by atoms with Crippen LogP contribution in [0.1, 0.15) is 27.7 Å². The topological polar surface area (TPSA) is 38.3 Å². The number of nitrogens with one attached hydrogen (secondary N) is 1. The lowest BCUT2D eigenvalue weighted by atomic mass is 9.78. The van der Waals surface area contributed by atoms with Gasteiger partial charge < -0.3 is 10.1 Å². The van der Waals surface area contributed by atoms with Crippen LogP contribution in [-0.2, 0) is 4.74 Å². The van der Waals surface area contributed by atoms with Gasteiger partial charge in [0.2, 0.25) is 0 Å². The molecule has 3 nitrogen and oxygen atoms in total. The molecule has 1 fully saturated rings. The van der Waals surface area contributed by atoms with Crippen LogP contribution in [0.5, 0.6) is 0 Å². The quantitative estimate of drug-likeness (QED) is 0.687. The van der Waals surface area contributed by atoms with E-state index in [9.17, 15) is 4.79 Å². The number of cyclic esters (lactones) is 1. The summed E-state index contributed by atoms with van der Waals surface area (Å²) in [4.78, 5) is 10.9. The molecule has 0 radical (unpaired) electrons. The van der Waals surface area contributed by atoms with Crippen LogP contribution in [0.3, 0.4) is 0 Å². The molecule has 1 aliphatic heterocycles. The Labute approximate surface area is 73.5 Å². The van der Waals surface area contributed by atoms with Crippen molar-refractivity contribution in [1.82, 2.24) is 5.32 Å². The van der Waals surface area contributed by atoms with Gasteiger partial charge in [0.25, 0.3) is 0 Å². The number of ether oxygens (including phenoxy) is 1. The SMILES string of the molecule is CC(C)C1(C(C)C)COC(=O)N1. The minimum atomic E-state index is -0.280. The van der Waals surface area contributed by atoms with Gasteiger partial charge in [0.05, 0.1) is 5.54 Å². The van der Waals surface area contributed by atoms with Gasteiger partial charge >= 0.3 is 6.09 Å². The number of hydrogen-bond donors (Lipinski definition) is 1. The monoisotopic (exact) mass is 171 g/mol. The number of carbonyl (C=O) groups excluding carboxylic acids is 1. The Morgan fingerprint density at radius 1 is 1.33 bits per heavy atom. The molecule has 1 rings (SSSR count). The van der Waals surface area contributed by atoms with Gasteiger partial charge in [-0.1, -0.05) is 27.7 Å². The van der Waals surface area contributed by atoms with Crippen molar-refractivity contribution in [2.24, 2.45) is 11.8 Å². The first-order valence-corrected chi connectivity index (χ1v) is 4.44. The minimum Gasteiger partial charge on any atom is -0.447 e. The lowest BCUT2D eigenvalue weighted by Crippen LogP contribution is -2.52. The van der Waals surface area contributed by atoms with E-state index in [1.807, 2.05) is 0 Å². The van der Waals surface area contributed by atoms with Gasteiger partial charge in [-0.2, -0.15) is 0 Å². The third-order valence-electron chi connectivity index (χ3n) is 2.84. The van der Waals surface area contributed by atoms with Crippen molar-refractivity contribution in [3.63, 3.8) is 0 Å². The van der Waals surface area contributed by atoms with Crippen molar-refractivity contribution >= 4 is 6.09 Å². The van der Waals surface area contributed by atoms with Crippen molar-refractivity contribution in [2.75, 3.05) is 6.61 Å². The summed E-state index contributed by atoms with van der Waals surface area (Å²) in [5, 5.41) is 2.91. The van der Waals surface area contributed by atoms with Gasteiger partial charge in [-0.3, -0.25) is 0 Å². The molecule has 1 aliphatic rings. The van der Waals surface area contributed by atoms with E-state index in [0.717, 1.165) is 0 Å². The van der Waals surface area contributed by atoms with Crippen LogP contribution < -0.4 is 5.32 Å². The highest BCUT2D eigenvalue weighted by Crippen LogP contribution is 2.29. The molecule has 0 aliphatic carbocycles. The van der Waals surface area contributed by atoms with Crippen LogP contribution in [0.4, 0.5) is 4.79 Å². The molecule has 1 saturated heterocycles. The Morgan fingerprint density at radius 3 is 2.00 bits per heavy atom. The van der Waals surface area contributed by atoms with Gasteiger partial charge in [0.15, 0.2) is 0 Å². The number of carbonyl (C=O) groups is 1. The van der Waals surface area contributed by atoms with Gasteiger partial charge in [-0.05, 0) is 11.8 Å². The highest BCUT2D eigenvalue weighted by Gasteiger charge is 2.44. The zero-order chi connectivity index (χ0) is 9.35. The first kappa shape index (κ1) is 9.36. The lowest BCUT2D eigenvalue weighted by molar-refractivity contribution is 0.143. The Bertz CT molecular complexity index is 179. The normalized spacial score (nSPS) is 21.3. The second kappa shape index (κ2) is 2.96. The highest BCUT2D eigenvalue weighted by molar-refractivity contribution is 5.70. The maximum atomic E-state index is 10.9. The van der Waals surface area contributed by atoms with Gasteiger partial charge in [0, 0.05) is 0 Å². The standard InChI is InChI=1S/C9H17NO2/c1-6(2)9(7(3)4)5-12-8(11)10-9/h6-7H,5H2,1-4H3,(H,10,11). The molecule has 0 aromatic heterocycles. The summed E-state index contributed by atoms with van der Waals surface area (Å²) >= 11 is 0. The molecule has 1 heterocycles. The van der Waals surface area contributed by atoms with Gasteiger partial charge in [0.1, 0.15) is 6.61 Å². The summed E-state index contributed by atoms with van der Waals surface area (Å²) in [5.41, 5.74) is -0.156. The maximum absolute atomic E-state index is 10.9. The van der Waals surface area contributed by atoms with Crippen molar-refractivity contribution in [3.8, 4) is 0 Å². The van der Waals surface area contributed by atoms with E-state index in [1.54, 1.807) is 0 Å². The second-order valence-electron chi connectivity index (χ2n) is 4.05. The van der Waals surface area contributed by atoms with E-state index in [0.29, 0.717) is 18.4 Å². The predicted octanol–water partition coefficient (Wildman–Crippen LogP) is 1.78. The van der Waals surface area contributed by atoms with Crippen molar-refractivity contribution in [2.45, 2.75) is 33.2 Å². The van der Waals surface area contributed by atoms with Crippen LogP contribution in [0.2, 0.25) is 0 Å². The van der Waals surface area contributed by atoms with Crippen molar-refractivity contribution < 1.29 is 9.53 Å². The number of hydrogen-bond acceptors (Lipinski definition) is 2. The molecular formula is C9H17NO2. The summed E-state index contributed by atoms with van der Waals surface area (Å²) in [5.74, 6) is 0.813.